The number of imide groups is 1. The highest BCUT2D eigenvalue weighted by Gasteiger charge is 2.46. The number of hydrogen-bond donors (Lipinski definition) is 0. The van der Waals surface area contributed by atoms with Gasteiger partial charge in [0.2, 0.25) is 0 Å². The molecule has 3 amide bonds. The van der Waals surface area contributed by atoms with Gasteiger partial charge in [-0.25, -0.2) is 4.79 Å². The molecule has 0 bridgehead atoms. The minimum absolute atomic E-state index is 0.0150. The quantitative estimate of drug-likeness (QED) is 0.733. The van der Waals surface area contributed by atoms with Gasteiger partial charge in [-0.1, -0.05) is 42.5 Å². The van der Waals surface area contributed by atoms with Gasteiger partial charge in [-0.3, -0.25) is 9.69 Å². The number of amides is 3. The van der Waals surface area contributed by atoms with Gasteiger partial charge in [-0.05, 0) is 54.9 Å². The molecular formula is C24H26N2O3. The van der Waals surface area contributed by atoms with Crippen molar-refractivity contribution in [3.8, 4) is 5.75 Å². The number of urea groups is 1. The Morgan fingerprint density at radius 3 is 2.59 bits per heavy atom. The van der Waals surface area contributed by atoms with Crippen molar-refractivity contribution < 1.29 is 14.3 Å². The number of aryl methyl sites for hydroxylation is 1. The van der Waals surface area contributed by atoms with Crippen LogP contribution in [0.2, 0.25) is 0 Å². The summed E-state index contributed by atoms with van der Waals surface area (Å²) >= 11 is 0. The van der Waals surface area contributed by atoms with Gasteiger partial charge < -0.3 is 9.64 Å². The van der Waals surface area contributed by atoms with Crippen LogP contribution in [0.15, 0.2) is 48.5 Å². The molecule has 0 radical (unpaired) electrons. The Hall–Kier alpha value is -2.82. The second-order valence-electron chi connectivity index (χ2n) is 8.28. The molecule has 2 aromatic carbocycles. The fourth-order valence-electron chi connectivity index (χ4n) is 4.76. The molecule has 0 aromatic heterocycles. The van der Waals surface area contributed by atoms with Crippen LogP contribution in [0.1, 0.15) is 36.0 Å². The summed E-state index contributed by atoms with van der Waals surface area (Å²) in [6.45, 7) is 1.18. The van der Waals surface area contributed by atoms with Crippen molar-refractivity contribution >= 4 is 11.9 Å². The van der Waals surface area contributed by atoms with E-state index in [0.29, 0.717) is 19.5 Å². The van der Waals surface area contributed by atoms with E-state index in [4.69, 9.17) is 4.74 Å². The minimum atomic E-state index is -0.203. The zero-order valence-electron chi connectivity index (χ0n) is 16.5. The summed E-state index contributed by atoms with van der Waals surface area (Å²) in [5, 5.41) is 0. The van der Waals surface area contributed by atoms with Crippen molar-refractivity contribution in [2.45, 2.75) is 50.7 Å². The number of rotatable bonds is 5. The molecule has 2 atom stereocenters. The van der Waals surface area contributed by atoms with Gasteiger partial charge in [0.25, 0.3) is 5.91 Å². The molecule has 2 aromatic rings. The Labute approximate surface area is 171 Å². The van der Waals surface area contributed by atoms with Crippen LogP contribution < -0.4 is 4.74 Å². The van der Waals surface area contributed by atoms with E-state index in [2.05, 4.69) is 42.5 Å². The number of nitrogens with zero attached hydrogens (tertiary/aromatic N) is 2. The zero-order valence-corrected chi connectivity index (χ0v) is 16.5. The van der Waals surface area contributed by atoms with Crippen LogP contribution in [-0.4, -0.2) is 47.0 Å². The first-order valence-electron chi connectivity index (χ1n) is 10.6. The molecule has 0 N–H and O–H groups in total. The highest BCUT2D eigenvalue weighted by atomic mass is 16.5. The molecule has 2 unspecified atom stereocenters. The average Bonchev–Trinajstić information content (AvgIpc) is 3.32. The normalized spacial score (nSPS) is 23.2. The number of benzene rings is 2. The Kier molecular flexibility index (Phi) is 4.74. The van der Waals surface area contributed by atoms with Gasteiger partial charge in [0.05, 0.1) is 0 Å². The lowest BCUT2D eigenvalue weighted by Crippen LogP contribution is -2.34. The molecule has 2 fully saturated rings. The Morgan fingerprint density at radius 1 is 0.966 bits per heavy atom. The molecule has 3 heterocycles. The summed E-state index contributed by atoms with van der Waals surface area (Å²) in [5.41, 5.74) is 3.70. The second-order valence-corrected chi connectivity index (χ2v) is 8.28. The van der Waals surface area contributed by atoms with E-state index in [0.717, 1.165) is 43.4 Å². The van der Waals surface area contributed by atoms with E-state index in [1.54, 1.807) is 4.90 Å². The van der Waals surface area contributed by atoms with Crippen molar-refractivity contribution in [2.75, 3.05) is 13.1 Å². The Balaban J connectivity index is 1.16. The van der Waals surface area contributed by atoms with E-state index >= 15 is 0 Å². The SMILES string of the molecule is O=C1C2CCCN2C(=O)N1CCc1ccc(CC2CCc3ccccc3O2)cc1. The first-order valence-corrected chi connectivity index (χ1v) is 10.6. The highest BCUT2D eigenvalue weighted by molar-refractivity contribution is 6.04. The smallest absolute Gasteiger partial charge is 0.327 e. The lowest BCUT2D eigenvalue weighted by atomic mass is 9.97. The molecule has 0 aliphatic carbocycles. The van der Waals surface area contributed by atoms with Crippen molar-refractivity contribution in [2.24, 2.45) is 0 Å². The van der Waals surface area contributed by atoms with Crippen molar-refractivity contribution in [1.29, 1.82) is 0 Å². The third kappa shape index (κ3) is 3.50. The maximum atomic E-state index is 12.4. The van der Waals surface area contributed by atoms with Crippen LogP contribution in [0.5, 0.6) is 5.75 Å². The Bertz CT molecular complexity index is 902. The van der Waals surface area contributed by atoms with Crippen molar-refractivity contribution in [3.63, 3.8) is 0 Å². The van der Waals surface area contributed by atoms with E-state index in [1.807, 2.05) is 6.07 Å². The van der Waals surface area contributed by atoms with Gasteiger partial charge >= 0.3 is 6.03 Å². The summed E-state index contributed by atoms with van der Waals surface area (Å²) in [5.74, 6) is 1.000. The maximum absolute atomic E-state index is 12.4. The first-order chi connectivity index (χ1) is 14.2. The average molecular weight is 390 g/mol. The van der Waals surface area contributed by atoms with E-state index in [9.17, 15) is 9.59 Å². The van der Waals surface area contributed by atoms with E-state index in [1.165, 1.54) is 16.0 Å². The summed E-state index contributed by atoms with van der Waals surface area (Å²) in [6.07, 6.45) is 5.66. The molecule has 3 aliphatic rings. The number of ether oxygens (including phenoxy) is 1. The van der Waals surface area contributed by atoms with Crippen LogP contribution in [-0.2, 0) is 24.1 Å². The summed E-state index contributed by atoms with van der Waals surface area (Å²) in [6, 6.07) is 16.5. The predicted molar refractivity (Wildman–Crippen MR) is 110 cm³/mol. The van der Waals surface area contributed by atoms with E-state index < -0.39 is 0 Å². The number of para-hydroxylation sites is 1. The molecule has 150 valence electrons. The molecule has 5 nitrogen and oxygen atoms in total. The predicted octanol–water partition coefficient (Wildman–Crippen LogP) is 3.59. The van der Waals surface area contributed by atoms with Gasteiger partial charge in [0.1, 0.15) is 17.9 Å². The topological polar surface area (TPSA) is 49.9 Å². The fourth-order valence-corrected chi connectivity index (χ4v) is 4.76. The third-order valence-corrected chi connectivity index (χ3v) is 6.39. The number of carbonyl (C=O) groups excluding carboxylic acids is 2. The summed E-state index contributed by atoms with van der Waals surface area (Å²) in [4.78, 5) is 28.0. The number of carbonyl (C=O) groups is 2. The molecule has 5 heteroatoms. The number of fused-ring (bicyclic) bond motifs is 2. The Morgan fingerprint density at radius 2 is 1.76 bits per heavy atom. The van der Waals surface area contributed by atoms with Crippen LogP contribution in [0.3, 0.4) is 0 Å². The summed E-state index contributed by atoms with van der Waals surface area (Å²) in [7, 11) is 0. The standard InChI is InChI=1S/C24H26N2O3/c27-23-21-5-3-14-25(21)24(28)26(23)15-13-17-7-9-18(10-8-17)16-20-12-11-19-4-1-2-6-22(19)29-20/h1-2,4,6-10,20-21H,3,5,11-16H2. The van der Waals surface area contributed by atoms with Gasteiger partial charge in [-0.15, -0.1) is 0 Å². The van der Waals surface area contributed by atoms with Crippen LogP contribution in [0.25, 0.3) is 0 Å². The number of hydrogen-bond acceptors (Lipinski definition) is 3. The van der Waals surface area contributed by atoms with Gasteiger partial charge in [-0.2, -0.15) is 0 Å². The molecule has 29 heavy (non-hydrogen) atoms. The van der Waals surface area contributed by atoms with Crippen LogP contribution >= 0.6 is 0 Å². The first kappa shape index (κ1) is 18.2. The molecular weight excluding hydrogens is 364 g/mol. The molecule has 0 saturated carbocycles. The van der Waals surface area contributed by atoms with Gasteiger partial charge in [0.15, 0.2) is 0 Å². The maximum Gasteiger partial charge on any atom is 0.327 e. The van der Waals surface area contributed by atoms with Crippen molar-refractivity contribution in [3.05, 3.63) is 65.2 Å². The van der Waals surface area contributed by atoms with Crippen LogP contribution in [0, 0.1) is 0 Å². The van der Waals surface area contributed by atoms with E-state index in [-0.39, 0.29) is 24.1 Å². The molecule has 2 saturated heterocycles. The molecule has 0 spiro atoms. The second kappa shape index (κ2) is 7.54. The molecule has 5 rings (SSSR count). The zero-order chi connectivity index (χ0) is 19.8. The van der Waals surface area contributed by atoms with Crippen LogP contribution in [0.4, 0.5) is 4.79 Å². The molecule has 3 aliphatic heterocycles. The highest BCUT2D eigenvalue weighted by Crippen LogP contribution is 2.29. The van der Waals surface area contributed by atoms with Crippen molar-refractivity contribution in [1.82, 2.24) is 9.80 Å². The van der Waals surface area contributed by atoms with Gasteiger partial charge in [0, 0.05) is 19.5 Å². The monoisotopic (exact) mass is 390 g/mol. The lowest BCUT2D eigenvalue weighted by Gasteiger charge is -2.26. The minimum Gasteiger partial charge on any atom is -0.490 e. The fraction of sp³-hybridized carbons (Fsp3) is 0.417. The lowest BCUT2D eigenvalue weighted by molar-refractivity contribution is -0.127. The largest absolute Gasteiger partial charge is 0.490 e. The third-order valence-electron chi connectivity index (χ3n) is 6.39. The summed E-state index contributed by atoms with van der Waals surface area (Å²) < 4.78 is 6.15.